The summed E-state index contributed by atoms with van der Waals surface area (Å²) in [6.07, 6.45) is 5.23. The van der Waals surface area contributed by atoms with Crippen molar-refractivity contribution in [2.45, 2.75) is 51.5 Å². The summed E-state index contributed by atoms with van der Waals surface area (Å²) < 4.78 is 4.10. The molecule has 0 radical (unpaired) electrons. The van der Waals surface area contributed by atoms with E-state index in [1.54, 1.807) is 0 Å². The fourth-order valence-electron chi connectivity index (χ4n) is 2.86. The summed E-state index contributed by atoms with van der Waals surface area (Å²) in [6.45, 7) is 5.25. The minimum atomic E-state index is 0.223. The summed E-state index contributed by atoms with van der Waals surface area (Å²) in [7, 11) is 0. The number of aromatic nitrogens is 2. The lowest BCUT2D eigenvalue weighted by molar-refractivity contribution is 0.419. The van der Waals surface area contributed by atoms with Crippen molar-refractivity contribution in [3.63, 3.8) is 0 Å². The number of nitrogens with one attached hydrogen (secondary N) is 1. The molecule has 1 saturated carbocycles. The van der Waals surface area contributed by atoms with E-state index in [4.69, 9.17) is 0 Å². The Bertz CT molecular complexity index is 572. The molecule has 3 rings (SSSR count). The quantitative estimate of drug-likeness (QED) is 0.869. The molecule has 1 unspecified atom stereocenters. The molecule has 21 heavy (non-hydrogen) atoms. The highest BCUT2D eigenvalue weighted by molar-refractivity contribution is 7.05. The standard InChI is InChI=1S/C17H23N3S/c1-3-11-18-16(17-12(2)19-20-21-17)15-9-7-14(8-10-15)13-5-4-6-13/h7-10,13,16,18H,3-6,11H2,1-2H3. The Morgan fingerprint density at radius 1 is 1.29 bits per heavy atom. The van der Waals surface area contributed by atoms with Gasteiger partial charge in [0, 0.05) is 0 Å². The lowest BCUT2D eigenvalue weighted by atomic mass is 9.80. The largest absolute Gasteiger partial charge is 0.305 e. The average Bonchev–Trinajstić information content (AvgIpc) is 2.85. The zero-order valence-corrected chi connectivity index (χ0v) is 13.6. The Balaban J connectivity index is 1.83. The van der Waals surface area contributed by atoms with Gasteiger partial charge in [-0.25, -0.2) is 0 Å². The Morgan fingerprint density at radius 3 is 2.57 bits per heavy atom. The van der Waals surface area contributed by atoms with Crippen LogP contribution in [0.5, 0.6) is 0 Å². The Morgan fingerprint density at radius 2 is 2.05 bits per heavy atom. The summed E-state index contributed by atoms with van der Waals surface area (Å²) in [5, 5.41) is 7.80. The average molecular weight is 301 g/mol. The highest BCUT2D eigenvalue weighted by atomic mass is 32.1. The van der Waals surface area contributed by atoms with Gasteiger partial charge in [-0.1, -0.05) is 42.1 Å². The topological polar surface area (TPSA) is 37.8 Å². The van der Waals surface area contributed by atoms with Crippen LogP contribution < -0.4 is 5.32 Å². The molecule has 1 atom stereocenters. The predicted octanol–water partition coefficient (Wildman–Crippen LogP) is 4.20. The van der Waals surface area contributed by atoms with E-state index >= 15 is 0 Å². The smallest absolute Gasteiger partial charge is 0.0776 e. The summed E-state index contributed by atoms with van der Waals surface area (Å²) in [6, 6.07) is 9.40. The van der Waals surface area contributed by atoms with Crippen LogP contribution in [0.2, 0.25) is 0 Å². The zero-order chi connectivity index (χ0) is 14.7. The lowest BCUT2D eigenvalue weighted by Gasteiger charge is -2.26. The fraction of sp³-hybridized carbons (Fsp3) is 0.529. The van der Waals surface area contributed by atoms with Crippen LogP contribution in [-0.2, 0) is 0 Å². The van der Waals surface area contributed by atoms with Crippen molar-refractivity contribution in [1.82, 2.24) is 14.9 Å². The highest BCUT2D eigenvalue weighted by Gasteiger charge is 2.21. The molecular weight excluding hydrogens is 278 g/mol. The fourth-order valence-corrected chi connectivity index (χ4v) is 3.60. The molecule has 3 nitrogen and oxygen atoms in total. The molecule has 1 N–H and O–H groups in total. The number of nitrogens with zero attached hydrogens (tertiary/aromatic N) is 2. The molecule has 1 heterocycles. The molecule has 2 aromatic rings. The molecular formula is C17H23N3S. The molecule has 1 aliphatic rings. The molecule has 0 bridgehead atoms. The molecule has 1 aromatic heterocycles. The van der Waals surface area contributed by atoms with Crippen LogP contribution in [0, 0.1) is 6.92 Å². The third kappa shape index (κ3) is 3.16. The second kappa shape index (κ2) is 6.67. The van der Waals surface area contributed by atoms with Gasteiger partial charge >= 0.3 is 0 Å². The first-order valence-electron chi connectivity index (χ1n) is 7.91. The van der Waals surface area contributed by atoms with Crippen LogP contribution in [0.3, 0.4) is 0 Å². The van der Waals surface area contributed by atoms with Gasteiger partial charge < -0.3 is 5.32 Å². The molecule has 0 amide bonds. The van der Waals surface area contributed by atoms with Gasteiger partial charge in [0.1, 0.15) is 0 Å². The second-order valence-electron chi connectivity index (χ2n) is 5.90. The van der Waals surface area contributed by atoms with Gasteiger partial charge in [-0.3, -0.25) is 0 Å². The normalized spacial score (nSPS) is 16.7. The van der Waals surface area contributed by atoms with Gasteiger partial charge in [-0.15, -0.1) is 5.10 Å². The molecule has 0 spiro atoms. The number of benzene rings is 1. The van der Waals surface area contributed by atoms with Crippen molar-refractivity contribution in [2.75, 3.05) is 6.54 Å². The van der Waals surface area contributed by atoms with Gasteiger partial charge in [0.05, 0.1) is 16.6 Å². The SMILES string of the molecule is CCCNC(c1ccc(C2CCC2)cc1)c1snnc1C. The van der Waals surface area contributed by atoms with Crippen molar-refractivity contribution < 1.29 is 0 Å². The Kier molecular flexibility index (Phi) is 4.66. The van der Waals surface area contributed by atoms with Crippen molar-refractivity contribution in [3.8, 4) is 0 Å². The second-order valence-corrected chi connectivity index (χ2v) is 6.69. The van der Waals surface area contributed by atoms with Crippen LogP contribution in [-0.4, -0.2) is 16.1 Å². The molecule has 0 aliphatic heterocycles. The van der Waals surface area contributed by atoms with Gasteiger partial charge in [0.25, 0.3) is 0 Å². The maximum Gasteiger partial charge on any atom is 0.0776 e. The maximum atomic E-state index is 4.17. The third-order valence-corrected chi connectivity index (χ3v) is 5.28. The molecule has 1 aromatic carbocycles. The number of aryl methyl sites for hydroxylation is 1. The number of hydrogen-bond acceptors (Lipinski definition) is 4. The zero-order valence-electron chi connectivity index (χ0n) is 12.8. The number of rotatable bonds is 6. The van der Waals surface area contributed by atoms with Crippen LogP contribution >= 0.6 is 11.5 Å². The van der Waals surface area contributed by atoms with E-state index in [1.165, 1.54) is 46.8 Å². The molecule has 1 aliphatic carbocycles. The van der Waals surface area contributed by atoms with Crippen molar-refractivity contribution in [2.24, 2.45) is 0 Å². The van der Waals surface area contributed by atoms with Gasteiger partial charge in [-0.05, 0) is 61.3 Å². The minimum absolute atomic E-state index is 0.223. The van der Waals surface area contributed by atoms with Crippen LogP contribution in [0.15, 0.2) is 24.3 Å². The van der Waals surface area contributed by atoms with E-state index in [0.717, 1.165) is 24.6 Å². The van der Waals surface area contributed by atoms with Gasteiger partial charge in [-0.2, -0.15) is 0 Å². The van der Waals surface area contributed by atoms with E-state index in [-0.39, 0.29) is 6.04 Å². The van der Waals surface area contributed by atoms with Gasteiger partial charge in [0.15, 0.2) is 0 Å². The summed E-state index contributed by atoms with van der Waals surface area (Å²) in [4.78, 5) is 1.24. The Labute approximate surface area is 131 Å². The summed E-state index contributed by atoms with van der Waals surface area (Å²) in [5.74, 6) is 0.799. The van der Waals surface area contributed by atoms with Crippen molar-refractivity contribution >= 4 is 11.5 Å². The lowest BCUT2D eigenvalue weighted by Crippen LogP contribution is -2.23. The van der Waals surface area contributed by atoms with Crippen LogP contribution in [0.1, 0.15) is 66.3 Å². The summed E-state index contributed by atoms with van der Waals surface area (Å²) in [5.41, 5.74) is 3.86. The first-order valence-corrected chi connectivity index (χ1v) is 8.69. The van der Waals surface area contributed by atoms with E-state index < -0.39 is 0 Å². The first kappa shape index (κ1) is 14.7. The summed E-state index contributed by atoms with van der Waals surface area (Å²) >= 11 is 1.51. The maximum absolute atomic E-state index is 4.17. The molecule has 112 valence electrons. The molecule has 1 fully saturated rings. The number of hydrogen-bond donors (Lipinski definition) is 1. The minimum Gasteiger partial charge on any atom is -0.305 e. The van der Waals surface area contributed by atoms with Crippen LogP contribution in [0.4, 0.5) is 0 Å². The Hall–Kier alpha value is -1.26. The highest BCUT2D eigenvalue weighted by Crippen LogP contribution is 2.37. The van der Waals surface area contributed by atoms with E-state index in [1.807, 2.05) is 6.92 Å². The van der Waals surface area contributed by atoms with Gasteiger partial charge in [0.2, 0.25) is 0 Å². The third-order valence-electron chi connectivity index (χ3n) is 4.39. The van der Waals surface area contributed by atoms with Crippen molar-refractivity contribution in [3.05, 3.63) is 46.0 Å². The predicted molar refractivity (Wildman–Crippen MR) is 87.8 cm³/mol. The first-order chi connectivity index (χ1) is 10.3. The van der Waals surface area contributed by atoms with E-state index in [2.05, 4.69) is 46.1 Å². The molecule has 4 heteroatoms. The van der Waals surface area contributed by atoms with E-state index in [0.29, 0.717) is 0 Å². The van der Waals surface area contributed by atoms with Crippen LogP contribution in [0.25, 0.3) is 0 Å². The monoisotopic (exact) mass is 301 g/mol. The molecule has 0 saturated heterocycles. The van der Waals surface area contributed by atoms with E-state index in [9.17, 15) is 0 Å². The van der Waals surface area contributed by atoms with Crippen molar-refractivity contribution in [1.29, 1.82) is 0 Å².